The average molecular weight is 558 g/mol. The van der Waals surface area contributed by atoms with Gasteiger partial charge in [0.1, 0.15) is 4.88 Å². The summed E-state index contributed by atoms with van der Waals surface area (Å²) in [4.78, 5) is 29.2. The molecule has 39 heavy (non-hydrogen) atoms. The van der Waals surface area contributed by atoms with Crippen LogP contribution in [-0.4, -0.2) is 59.7 Å². The number of allylic oxidation sites excluding steroid dienone is 2. The van der Waals surface area contributed by atoms with Gasteiger partial charge in [-0.15, -0.1) is 11.3 Å². The van der Waals surface area contributed by atoms with Crippen molar-refractivity contribution in [2.24, 2.45) is 17.3 Å². The van der Waals surface area contributed by atoms with Crippen LogP contribution in [-0.2, 0) is 14.3 Å². The second-order valence-corrected chi connectivity index (χ2v) is 13.7. The lowest BCUT2D eigenvalue weighted by Gasteiger charge is -2.42. The third kappa shape index (κ3) is 7.52. The molecule has 2 N–H and O–H groups in total. The predicted octanol–water partition coefficient (Wildman–Crippen LogP) is 5.65. The Morgan fingerprint density at radius 2 is 1.97 bits per heavy atom. The highest BCUT2D eigenvalue weighted by Gasteiger charge is 2.42. The fourth-order valence-electron chi connectivity index (χ4n) is 5.80. The van der Waals surface area contributed by atoms with Crippen LogP contribution in [0.3, 0.4) is 0 Å². The van der Waals surface area contributed by atoms with Gasteiger partial charge in [0, 0.05) is 24.0 Å². The van der Waals surface area contributed by atoms with Crippen LogP contribution in [0.5, 0.6) is 0 Å². The molecule has 0 bridgehead atoms. The molecular formula is C31H43NO6S. The fourth-order valence-corrected chi connectivity index (χ4v) is 6.64. The van der Waals surface area contributed by atoms with Crippen LogP contribution < -0.4 is 4.90 Å². The molecule has 8 heteroatoms. The highest BCUT2D eigenvalue weighted by molar-refractivity contribution is 7.15. The zero-order valence-electron chi connectivity index (χ0n) is 23.9. The van der Waals surface area contributed by atoms with Gasteiger partial charge in [-0.3, -0.25) is 4.79 Å². The van der Waals surface area contributed by atoms with E-state index in [4.69, 9.17) is 9.47 Å². The third-order valence-electron chi connectivity index (χ3n) is 8.06. The standard InChI is InChI=1S/C31H43NO6S/c1-20-6-7-25(21(2)16-20)28(33)32(26-17-24(10-12-30(3,4)5)39-27(26)29(34)35)22-8-13-31(36,14-9-22)19-38-23-11-15-37-18-23/h6,17,21-23,25,36H,7-9,11,13-16,18-19H2,1-5H3,(H,34,35)/t21-,22?,23+,25-,31?/m0/s1. The van der Waals surface area contributed by atoms with Gasteiger partial charge in [0.15, 0.2) is 0 Å². The molecule has 3 atom stereocenters. The van der Waals surface area contributed by atoms with Crippen LogP contribution in [0.1, 0.15) is 94.1 Å². The minimum Gasteiger partial charge on any atom is -0.477 e. The van der Waals surface area contributed by atoms with Crippen LogP contribution in [0.15, 0.2) is 17.7 Å². The van der Waals surface area contributed by atoms with Gasteiger partial charge in [0.2, 0.25) is 5.91 Å². The minimum atomic E-state index is -1.05. The summed E-state index contributed by atoms with van der Waals surface area (Å²) in [5.41, 5.74) is 0.531. The number of thiophene rings is 1. The van der Waals surface area contributed by atoms with Crippen molar-refractivity contribution in [3.05, 3.63) is 27.5 Å². The number of amides is 1. The Balaban J connectivity index is 1.62. The molecule has 2 aliphatic carbocycles. The van der Waals surface area contributed by atoms with Gasteiger partial charge in [0.25, 0.3) is 0 Å². The van der Waals surface area contributed by atoms with Gasteiger partial charge in [-0.05, 0) is 84.6 Å². The summed E-state index contributed by atoms with van der Waals surface area (Å²) in [6, 6.07) is 1.58. The zero-order valence-corrected chi connectivity index (χ0v) is 24.7. The summed E-state index contributed by atoms with van der Waals surface area (Å²) in [7, 11) is 0. The number of aliphatic hydroxyl groups is 1. The quantitative estimate of drug-likeness (QED) is 0.332. The number of carbonyl (C=O) groups excluding carboxylic acids is 1. The van der Waals surface area contributed by atoms with Crippen molar-refractivity contribution in [2.75, 3.05) is 24.7 Å². The summed E-state index contributed by atoms with van der Waals surface area (Å²) in [6.07, 6.45) is 6.61. The smallest absolute Gasteiger partial charge is 0.348 e. The number of nitrogens with zero attached hydrogens (tertiary/aromatic N) is 1. The molecule has 0 unspecified atom stereocenters. The van der Waals surface area contributed by atoms with E-state index >= 15 is 0 Å². The van der Waals surface area contributed by atoms with Crippen molar-refractivity contribution in [1.82, 2.24) is 0 Å². The van der Waals surface area contributed by atoms with Gasteiger partial charge in [0.05, 0.1) is 35.5 Å². The van der Waals surface area contributed by atoms with E-state index in [1.807, 2.05) is 20.8 Å². The van der Waals surface area contributed by atoms with E-state index in [0.29, 0.717) is 55.9 Å². The molecule has 1 saturated heterocycles. The number of hydrogen-bond acceptors (Lipinski definition) is 6. The number of carbonyl (C=O) groups is 2. The van der Waals surface area contributed by atoms with Crippen molar-refractivity contribution in [1.29, 1.82) is 0 Å². The van der Waals surface area contributed by atoms with Crippen molar-refractivity contribution >= 4 is 28.9 Å². The molecule has 2 fully saturated rings. The van der Waals surface area contributed by atoms with Crippen LogP contribution in [0, 0.1) is 29.1 Å². The molecule has 3 aliphatic rings. The number of hydrogen-bond donors (Lipinski definition) is 2. The van der Waals surface area contributed by atoms with Gasteiger partial charge in [-0.2, -0.15) is 0 Å². The number of anilines is 1. The largest absolute Gasteiger partial charge is 0.477 e. The van der Waals surface area contributed by atoms with Crippen molar-refractivity contribution in [3.8, 4) is 11.8 Å². The van der Waals surface area contributed by atoms with Crippen LogP contribution in [0.2, 0.25) is 0 Å². The molecule has 1 saturated carbocycles. The molecule has 1 aromatic heterocycles. The first-order valence-corrected chi connectivity index (χ1v) is 15.0. The Morgan fingerprint density at radius 3 is 2.56 bits per heavy atom. The lowest BCUT2D eigenvalue weighted by molar-refractivity contribution is -0.125. The molecule has 4 rings (SSSR count). The van der Waals surface area contributed by atoms with E-state index < -0.39 is 11.6 Å². The molecule has 0 aromatic carbocycles. The number of rotatable bonds is 7. The number of ether oxygens (including phenoxy) is 2. The highest BCUT2D eigenvalue weighted by atomic mass is 32.1. The van der Waals surface area contributed by atoms with E-state index in [1.165, 1.54) is 5.57 Å². The second kappa shape index (κ2) is 12.1. The summed E-state index contributed by atoms with van der Waals surface area (Å²) in [6.45, 7) is 11.7. The van der Waals surface area contributed by atoms with Gasteiger partial charge in [-0.1, -0.05) is 30.4 Å². The Morgan fingerprint density at radius 1 is 1.26 bits per heavy atom. The van der Waals surface area contributed by atoms with E-state index in [1.54, 1.807) is 11.0 Å². The van der Waals surface area contributed by atoms with Crippen molar-refractivity contribution in [3.63, 3.8) is 0 Å². The first kappa shape index (κ1) is 29.8. The number of aromatic carboxylic acids is 1. The van der Waals surface area contributed by atoms with Crippen molar-refractivity contribution < 1.29 is 29.3 Å². The van der Waals surface area contributed by atoms with Gasteiger partial charge in [-0.25, -0.2) is 4.79 Å². The summed E-state index contributed by atoms with van der Waals surface area (Å²) in [5.74, 6) is 5.19. The maximum Gasteiger partial charge on any atom is 0.348 e. The Hall–Kier alpha value is -2.18. The van der Waals surface area contributed by atoms with Crippen LogP contribution in [0.25, 0.3) is 0 Å². The monoisotopic (exact) mass is 557 g/mol. The first-order valence-electron chi connectivity index (χ1n) is 14.2. The molecule has 1 aliphatic heterocycles. The molecule has 214 valence electrons. The lowest BCUT2D eigenvalue weighted by atomic mass is 9.78. The maximum absolute atomic E-state index is 14.2. The third-order valence-corrected chi connectivity index (χ3v) is 9.09. The predicted molar refractivity (Wildman–Crippen MR) is 153 cm³/mol. The SMILES string of the molecule is CC1=CC[C@H](C(=O)N(c2cc(C#CC(C)(C)C)sc2C(=O)O)C2CCC(O)(CO[C@@H]3CCOC3)CC2)[C@@H](C)C1. The second-order valence-electron chi connectivity index (χ2n) is 12.7. The summed E-state index contributed by atoms with van der Waals surface area (Å²) < 4.78 is 11.3. The Kier molecular flexibility index (Phi) is 9.27. The molecule has 0 radical (unpaired) electrons. The van der Waals surface area contributed by atoms with Gasteiger partial charge >= 0.3 is 5.97 Å². The van der Waals surface area contributed by atoms with E-state index in [2.05, 4.69) is 31.8 Å². The lowest BCUT2D eigenvalue weighted by Crippen LogP contribution is -2.51. The summed E-state index contributed by atoms with van der Waals surface area (Å²) in [5, 5.41) is 21.4. The van der Waals surface area contributed by atoms with E-state index in [9.17, 15) is 19.8 Å². The number of carboxylic acid groups (broad SMARTS) is 1. The van der Waals surface area contributed by atoms with Crippen LogP contribution >= 0.6 is 11.3 Å². The van der Waals surface area contributed by atoms with Crippen LogP contribution in [0.4, 0.5) is 5.69 Å². The summed E-state index contributed by atoms with van der Waals surface area (Å²) >= 11 is 1.13. The normalized spacial score (nSPS) is 29.3. The Bertz CT molecular complexity index is 1140. The van der Waals surface area contributed by atoms with Crippen molar-refractivity contribution in [2.45, 2.75) is 97.3 Å². The molecule has 0 spiro atoms. The van der Waals surface area contributed by atoms with E-state index in [0.717, 1.165) is 24.2 Å². The highest BCUT2D eigenvalue weighted by Crippen LogP contribution is 2.41. The number of carboxylic acids is 1. The van der Waals surface area contributed by atoms with Gasteiger partial charge < -0.3 is 24.6 Å². The zero-order chi connectivity index (χ0) is 28.4. The average Bonchev–Trinajstić information content (AvgIpc) is 3.53. The molecule has 2 heterocycles. The molecule has 1 aromatic rings. The minimum absolute atomic E-state index is 0.0192. The molecule has 1 amide bonds. The fraction of sp³-hybridized carbons (Fsp3) is 0.677. The maximum atomic E-state index is 14.2. The van der Waals surface area contributed by atoms with E-state index in [-0.39, 0.29) is 46.8 Å². The molecule has 7 nitrogen and oxygen atoms in total. The first-order chi connectivity index (χ1) is 18.3. The topological polar surface area (TPSA) is 96.3 Å². The Labute approximate surface area is 236 Å². The molecular weight excluding hydrogens is 514 g/mol.